The van der Waals surface area contributed by atoms with E-state index < -0.39 is 0 Å². The van der Waals surface area contributed by atoms with E-state index in [9.17, 15) is 4.79 Å². The van der Waals surface area contributed by atoms with Crippen molar-refractivity contribution in [3.05, 3.63) is 60.0 Å². The van der Waals surface area contributed by atoms with Gasteiger partial charge in [0.05, 0.1) is 17.6 Å². The Morgan fingerprint density at radius 1 is 1.26 bits per heavy atom. The van der Waals surface area contributed by atoms with E-state index in [2.05, 4.69) is 15.4 Å². The molecule has 0 saturated carbocycles. The van der Waals surface area contributed by atoms with Crippen LogP contribution in [0.25, 0.3) is 11.3 Å². The zero-order valence-corrected chi connectivity index (χ0v) is 12.5. The molecule has 1 amide bonds. The van der Waals surface area contributed by atoms with Crippen molar-refractivity contribution >= 4 is 11.6 Å². The topological polar surface area (TPSA) is 69.0 Å². The monoisotopic (exact) mass is 306 g/mol. The summed E-state index contributed by atoms with van der Waals surface area (Å²) in [5.41, 5.74) is 3.68. The minimum absolute atomic E-state index is 0.266. The first-order chi connectivity index (χ1) is 11.2. The van der Waals surface area contributed by atoms with Gasteiger partial charge in [-0.25, -0.2) is 0 Å². The number of nitrogens with one attached hydrogen (secondary N) is 1. The molecule has 4 rings (SSSR count). The molecular weight excluding hydrogens is 292 g/mol. The van der Waals surface area contributed by atoms with Crippen LogP contribution in [-0.2, 0) is 13.7 Å². The van der Waals surface area contributed by atoms with Crippen LogP contribution in [-0.4, -0.2) is 20.7 Å². The normalized spacial score (nSPS) is 12.0. The maximum Gasteiger partial charge on any atom is 0.276 e. The zero-order valence-electron chi connectivity index (χ0n) is 12.5. The Hall–Kier alpha value is -3.15. The largest absolute Gasteiger partial charge is 0.488 e. The number of anilines is 1. The molecule has 0 bridgehead atoms. The Labute approximate surface area is 132 Å². The molecule has 0 fully saturated rings. The molecule has 1 aliphatic rings. The molecule has 23 heavy (non-hydrogen) atoms. The van der Waals surface area contributed by atoms with E-state index in [4.69, 9.17) is 4.74 Å². The predicted molar refractivity (Wildman–Crippen MR) is 85.2 cm³/mol. The van der Waals surface area contributed by atoms with Crippen molar-refractivity contribution in [2.75, 3.05) is 5.32 Å². The van der Waals surface area contributed by atoms with E-state index in [0.717, 1.165) is 22.6 Å². The quantitative estimate of drug-likeness (QED) is 0.790. The number of aryl methyl sites for hydroxylation is 1. The fraction of sp³-hybridized carbons (Fsp3) is 0.118. The SMILES string of the molecule is Cn1nc(C(=O)Nc2cccnc2)c2c1-c1ccccc1OC2. The van der Waals surface area contributed by atoms with E-state index in [-0.39, 0.29) is 5.91 Å². The third-order valence-corrected chi connectivity index (χ3v) is 3.79. The minimum Gasteiger partial charge on any atom is -0.488 e. The molecule has 0 aliphatic carbocycles. The lowest BCUT2D eigenvalue weighted by Gasteiger charge is -2.18. The van der Waals surface area contributed by atoms with Crippen molar-refractivity contribution < 1.29 is 9.53 Å². The van der Waals surface area contributed by atoms with E-state index >= 15 is 0 Å². The molecule has 1 N–H and O–H groups in total. The van der Waals surface area contributed by atoms with Crippen molar-refractivity contribution in [2.24, 2.45) is 7.05 Å². The average Bonchev–Trinajstić information content (AvgIpc) is 2.93. The van der Waals surface area contributed by atoms with Crippen LogP contribution in [0.2, 0.25) is 0 Å². The van der Waals surface area contributed by atoms with Crippen LogP contribution < -0.4 is 10.1 Å². The number of carbonyl (C=O) groups excluding carboxylic acids is 1. The predicted octanol–water partition coefficient (Wildman–Crippen LogP) is 2.63. The molecule has 0 spiro atoms. The number of pyridine rings is 1. The second kappa shape index (κ2) is 5.24. The molecule has 0 atom stereocenters. The molecule has 3 aromatic rings. The second-order valence-electron chi connectivity index (χ2n) is 5.28. The molecule has 114 valence electrons. The van der Waals surface area contributed by atoms with Crippen LogP contribution >= 0.6 is 0 Å². The van der Waals surface area contributed by atoms with Gasteiger partial charge in [0, 0.05) is 24.4 Å². The summed E-state index contributed by atoms with van der Waals surface area (Å²) in [6.07, 6.45) is 3.25. The number of carbonyl (C=O) groups is 1. The van der Waals surface area contributed by atoms with Gasteiger partial charge in [-0.3, -0.25) is 14.5 Å². The van der Waals surface area contributed by atoms with Gasteiger partial charge in [0.25, 0.3) is 5.91 Å². The fourth-order valence-corrected chi connectivity index (χ4v) is 2.79. The molecule has 0 radical (unpaired) electrons. The van der Waals surface area contributed by atoms with Gasteiger partial charge in [0.2, 0.25) is 0 Å². The molecule has 3 heterocycles. The maximum atomic E-state index is 12.5. The average molecular weight is 306 g/mol. The maximum absolute atomic E-state index is 12.5. The lowest BCUT2D eigenvalue weighted by molar-refractivity contribution is 0.101. The Kier molecular flexibility index (Phi) is 3.08. The fourth-order valence-electron chi connectivity index (χ4n) is 2.79. The molecule has 0 saturated heterocycles. The van der Waals surface area contributed by atoms with Gasteiger partial charge in [0.15, 0.2) is 5.69 Å². The first-order valence-electron chi connectivity index (χ1n) is 7.23. The molecule has 1 aliphatic heterocycles. The van der Waals surface area contributed by atoms with E-state index in [1.165, 1.54) is 0 Å². The van der Waals surface area contributed by atoms with Gasteiger partial charge >= 0.3 is 0 Å². The Bertz CT molecular complexity index is 887. The van der Waals surface area contributed by atoms with Gasteiger partial charge in [-0.15, -0.1) is 0 Å². The van der Waals surface area contributed by atoms with Crippen molar-refractivity contribution in [1.29, 1.82) is 0 Å². The summed E-state index contributed by atoms with van der Waals surface area (Å²) < 4.78 is 7.49. The van der Waals surface area contributed by atoms with E-state index in [1.807, 2.05) is 31.3 Å². The third-order valence-electron chi connectivity index (χ3n) is 3.79. The smallest absolute Gasteiger partial charge is 0.276 e. The first kappa shape index (κ1) is 13.5. The molecular formula is C17H14N4O2. The van der Waals surface area contributed by atoms with Crippen LogP contribution in [0.3, 0.4) is 0 Å². The summed E-state index contributed by atoms with van der Waals surface area (Å²) in [4.78, 5) is 16.5. The minimum atomic E-state index is -0.266. The number of hydrogen-bond donors (Lipinski definition) is 1. The van der Waals surface area contributed by atoms with Gasteiger partial charge in [-0.2, -0.15) is 5.10 Å². The van der Waals surface area contributed by atoms with E-state index in [0.29, 0.717) is 18.0 Å². The summed E-state index contributed by atoms with van der Waals surface area (Å²) in [7, 11) is 1.84. The highest BCUT2D eigenvalue weighted by Crippen LogP contribution is 2.38. The van der Waals surface area contributed by atoms with Crippen LogP contribution in [0.4, 0.5) is 5.69 Å². The molecule has 1 aromatic carbocycles. The molecule has 2 aromatic heterocycles. The number of hydrogen-bond acceptors (Lipinski definition) is 4. The number of benzene rings is 1. The van der Waals surface area contributed by atoms with Crippen LogP contribution in [0.15, 0.2) is 48.8 Å². The summed E-state index contributed by atoms with van der Waals surface area (Å²) in [5, 5.41) is 7.20. The lowest BCUT2D eigenvalue weighted by atomic mass is 10.0. The lowest BCUT2D eigenvalue weighted by Crippen LogP contribution is -2.16. The summed E-state index contributed by atoms with van der Waals surface area (Å²) >= 11 is 0. The van der Waals surface area contributed by atoms with Gasteiger partial charge in [-0.1, -0.05) is 12.1 Å². The summed E-state index contributed by atoms with van der Waals surface area (Å²) in [6.45, 7) is 0.329. The summed E-state index contributed by atoms with van der Waals surface area (Å²) in [6, 6.07) is 11.3. The van der Waals surface area contributed by atoms with Gasteiger partial charge in [-0.05, 0) is 24.3 Å². The highest BCUT2D eigenvalue weighted by atomic mass is 16.5. The number of rotatable bonds is 2. The highest BCUT2D eigenvalue weighted by Gasteiger charge is 2.28. The number of fused-ring (bicyclic) bond motifs is 3. The standard InChI is InChI=1S/C17H14N4O2/c1-21-16-12-6-2-3-7-14(12)23-10-13(16)15(20-21)17(22)19-11-5-4-8-18-9-11/h2-9H,10H2,1H3,(H,19,22). The van der Waals surface area contributed by atoms with Crippen molar-refractivity contribution in [1.82, 2.24) is 14.8 Å². The van der Waals surface area contributed by atoms with Crippen LogP contribution in [0.1, 0.15) is 16.1 Å². The molecule has 0 unspecified atom stereocenters. The Morgan fingerprint density at radius 3 is 2.96 bits per heavy atom. The molecule has 6 nitrogen and oxygen atoms in total. The number of para-hydroxylation sites is 1. The van der Waals surface area contributed by atoms with Crippen molar-refractivity contribution in [3.8, 4) is 17.0 Å². The van der Waals surface area contributed by atoms with Crippen molar-refractivity contribution in [3.63, 3.8) is 0 Å². The zero-order chi connectivity index (χ0) is 15.8. The number of amides is 1. The van der Waals surface area contributed by atoms with E-state index in [1.54, 1.807) is 29.2 Å². The number of ether oxygens (including phenoxy) is 1. The molecule has 6 heteroatoms. The second-order valence-corrected chi connectivity index (χ2v) is 5.28. The summed E-state index contributed by atoms with van der Waals surface area (Å²) in [5.74, 6) is 0.542. The number of aromatic nitrogens is 3. The third kappa shape index (κ3) is 2.24. The van der Waals surface area contributed by atoms with Crippen molar-refractivity contribution in [2.45, 2.75) is 6.61 Å². The Morgan fingerprint density at radius 2 is 2.13 bits per heavy atom. The Balaban J connectivity index is 1.74. The number of nitrogens with zero attached hydrogens (tertiary/aromatic N) is 3. The first-order valence-corrected chi connectivity index (χ1v) is 7.23. The van der Waals surface area contributed by atoms with Crippen LogP contribution in [0, 0.1) is 0 Å². The highest BCUT2D eigenvalue weighted by molar-refractivity contribution is 6.05. The van der Waals surface area contributed by atoms with Gasteiger partial charge < -0.3 is 10.1 Å². The van der Waals surface area contributed by atoms with Gasteiger partial charge in [0.1, 0.15) is 12.4 Å². The van der Waals surface area contributed by atoms with Crippen LogP contribution in [0.5, 0.6) is 5.75 Å².